The molecule has 17 heavy (non-hydrogen) atoms. The van der Waals surface area contributed by atoms with Crippen LogP contribution < -0.4 is 5.32 Å². The van der Waals surface area contributed by atoms with Crippen molar-refractivity contribution in [2.24, 2.45) is 11.8 Å². The molecular weight excluding hydrogens is 212 g/mol. The van der Waals surface area contributed by atoms with Gasteiger partial charge in [-0.15, -0.1) is 0 Å². The zero-order valence-electron chi connectivity index (χ0n) is 12.0. The summed E-state index contributed by atoms with van der Waals surface area (Å²) in [6.07, 6.45) is 2.39. The summed E-state index contributed by atoms with van der Waals surface area (Å²) in [5, 5.41) is 12.9. The highest BCUT2D eigenvalue weighted by Crippen LogP contribution is 2.22. The Morgan fingerprint density at radius 2 is 1.88 bits per heavy atom. The van der Waals surface area contributed by atoms with Gasteiger partial charge in [-0.05, 0) is 44.7 Å². The first-order valence-electron chi connectivity index (χ1n) is 7.07. The normalized spacial score (nSPS) is 30.2. The summed E-state index contributed by atoms with van der Waals surface area (Å²) in [4.78, 5) is 2.56. The van der Waals surface area contributed by atoms with Crippen molar-refractivity contribution >= 4 is 0 Å². The van der Waals surface area contributed by atoms with Gasteiger partial charge in [0.25, 0.3) is 0 Å². The van der Waals surface area contributed by atoms with E-state index in [0.29, 0.717) is 0 Å². The van der Waals surface area contributed by atoms with Crippen LogP contribution in [0.15, 0.2) is 0 Å². The number of hydrogen-bond donors (Lipinski definition) is 2. The third-order valence-corrected chi connectivity index (χ3v) is 3.88. The summed E-state index contributed by atoms with van der Waals surface area (Å²) in [7, 11) is 0. The minimum atomic E-state index is -0.112. The first-order chi connectivity index (χ1) is 7.99. The Morgan fingerprint density at radius 1 is 1.29 bits per heavy atom. The Morgan fingerprint density at radius 3 is 2.35 bits per heavy atom. The second-order valence-electron chi connectivity index (χ2n) is 6.20. The predicted molar refractivity (Wildman–Crippen MR) is 73.2 cm³/mol. The lowest BCUT2D eigenvalue weighted by Crippen LogP contribution is -2.49. The molecule has 1 aliphatic heterocycles. The third kappa shape index (κ3) is 4.94. The van der Waals surface area contributed by atoms with E-state index in [4.69, 9.17) is 0 Å². The molecule has 1 saturated heterocycles. The SMILES string of the molecule is CCNC(C)(CO)CCN1CC(C)CC(C)C1. The number of aliphatic hydroxyl groups excluding tert-OH is 1. The van der Waals surface area contributed by atoms with Gasteiger partial charge in [-0.1, -0.05) is 20.8 Å². The van der Waals surface area contributed by atoms with Crippen molar-refractivity contribution in [1.82, 2.24) is 10.2 Å². The Bertz CT molecular complexity index is 212. The highest BCUT2D eigenvalue weighted by molar-refractivity contribution is 4.84. The molecule has 1 rings (SSSR count). The van der Waals surface area contributed by atoms with Crippen molar-refractivity contribution in [3.05, 3.63) is 0 Å². The summed E-state index contributed by atoms with van der Waals surface area (Å²) in [6, 6.07) is 0. The van der Waals surface area contributed by atoms with Crippen LogP contribution in [0.2, 0.25) is 0 Å². The lowest BCUT2D eigenvalue weighted by Gasteiger charge is -2.37. The third-order valence-electron chi connectivity index (χ3n) is 3.88. The summed E-state index contributed by atoms with van der Waals surface area (Å²) in [5.41, 5.74) is -0.112. The monoisotopic (exact) mass is 242 g/mol. The van der Waals surface area contributed by atoms with E-state index in [1.165, 1.54) is 19.5 Å². The van der Waals surface area contributed by atoms with Crippen LogP contribution in [-0.4, -0.2) is 48.3 Å². The fraction of sp³-hybridized carbons (Fsp3) is 1.00. The van der Waals surface area contributed by atoms with E-state index in [1.54, 1.807) is 0 Å². The molecule has 1 heterocycles. The van der Waals surface area contributed by atoms with Crippen molar-refractivity contribution in [2.45, 2.75) is 46.1 Å². The summed E-state index contributed by atoms with van der Waals surface area (Å²) in [6.45, 7) is 13.6. The number of aliphatic hydroxyl groups is 1. The maximum absolute atomic E-state index is 9.47. The Hall–Kier alpha value is -0.120. The van der Waals surface area contributed by atoms with E-state index >= 15 is 0 Å². The average Bonchev–Trinajstić information content (AvgIpc) is 2.26. The highest BCUT2D eigenvalue weighted by atomic mass is 16.3. The molecule has 0 aromatic rings. The second kappa shape index (κ2) is 6.72. The van der Waals surface area contributed by atoms with Crippen molar-refractivity contribution in [3.8, 4) is 0 Å². The van der Waals surface area contributed by atoms with Crippen LogP contribution in [0.3, 0.4) is 0 Å². The maximum Gasteiger partial charge on any atom is 0.0611 e. The molecule has 0 radical (unpaired) electrons. The quantitative estimate of drug-likeness (QED) is 0.744. The summed E-state index contributed by atoms with van der Waals surface area (Å²) in [5.74, 6) is 1.64. The van der Waals surface area contributed by atoms with Gasteiger partial charge in [0.2, 0.25) is 0 Å². The van der Waals surface area contributed by atoms with Gasteiger partial charge >= 0.3 is 0 Å². The molecule has 0 bridgehead atoms. The van der Waals surface area contributed by atoms with Gasteiger partial charge < -0.3 is 15.3 Å². The number of rotatable bonds is 6. The number of piperidine rings is 1. The molecule has 1 aliphatic rings. The maximum atomic E-state index is 9.47. The molecule has 3 heteroatoms. The first-order valence-corrected chi connectivity index (χ1v) is 7.07. The zero-order chi connectivity index (χ0) is 12.9. The zero-order valence-corrected chi connectivity index (χ0v) is 12.0. The van der Waals surface area contributed by atoms with E-state index in [1.807, 2.05) is 0 Å². The van der Waals surface area contributed by atoms with E-state index < -0.39 is 0 Å². The molecule has 3 atom stereocenters. The molecule has 0 amide bonds. The Labute approximate surface area is 107 Å². The van der Waals surface area contributed by atoms with Crippen LogP contribution >= 0.6 is 0 Å². The minimum Gasteiger partial charge on any atom is -0.394 e. The number of nitrogens with one attached hydrogen (secondary N) is 1. The van der Waals surface area contributed by atoms with Gasteiger partial charge in [-0.3, -0.25) is 0 Å². The number of likely N-dealkylation sites (tertiary alicyclic amines) is 1. The molecule has 0 aliphatic carbocycles. The van der Waals surface area contributed by atoms with E-state index in [2.05, 4.69) is 37.9 Å². The van der Waals surface area contributed by atoms with Crippen LogP contribution in [-0.2, 0) is 0 Å². The number of hydrogen-bond acceptors (Lipinski definition) is 3. The van der Waals surface area contributed by atoms with Crippen molar-refractivity contribution in [3.63, 3.8) is 0 Å². The number of likely N-dealkylation sites (N-methyl/N-ethyl adjacent to an activating group) is 1. The molecule has 0 spiro atoms. The van der Waals surface area contributed by atoms with Gasteiger partial charge in [0.15, 0.2) is 0 Å². The van der Waals surface area contributed by atoms with Crippen LogP contribution in [0, 0.1) is 11.8 Å². The molecule has 0 aromatic carbocycles. The van der Waals surface area contributed by atoms with Crippen LogP contribution in [0.5, 0.6) is 0 Å². The fourth-order valence-corrected chi connectivity index (χ4v) is 3.03. The lowest BCUT2D eigenvalue weighted by atomic mass is 9.91. The topological polar surface area (TPSA) is 35.5 Å². The van der Waals surface area contributed by atoms with Crippen LogP contribution in [0.25, 0.3) is 0 Å². The van der Waals surface area contributed by atoms with Crippen molar-refractivity contribution < 1.29 is 5.11 Å². The van der Waals surface area contributed by atoms with Gasteiger partial charge in [0.05, 0.1) is 6.61 Å². The van der Waals surface area contributed by atoms with E-state index in [-0.39, 0.29) is 12.1 Å². The van der Waals surface area contributed by atoms with Crippen molar-refractivity contribution in [2.75, 3.05) is 32.8 Å². The van der Waals surface area contributed by atoms with Gasteiger partial charge in [0.1, 0.15) is 0 Å². The van der Waals surface area contributed by atoms with Gasteiger partial charge in [-0.2, -0.15) is 0 Å². The lowest BCUT2D eigenvalue weighted by molar-refractivity contribution is 0.108. The summed E-state index contributed by atoms with van der Waals surface area (Å²) < 4.78 is 0. The minimum absolute atomic E-state index is 0.112. The highest BCUT2D eigenvalue weighted by Gasteiger charge is 2.26. The second-order valence-corrected chi connectivity index (χ2v) is 6.20. The molecule has 1 fully saturated rings. The smallest absolute Gasteiger partial charge is 0.0611 e. The number of nitrogens with zero attached hydrogens (tertiary/aromatic N) is 1. The molecule has 0 aromatic heterocycles. The van der Waals surface area contributed by atoms with Gasteiger partial charge in [-0.25, -0.2) is 0 Å². The molecular formula is C14H30N2O. The molecule has 3 unspecified atom stereocenters. The predicted octanol–water partition coefficient (Wildman–Crippen LogP) is 1.71. The molecule has 2 N–H and O–H groups in total. The van der Waals surface area contributed by atoms with Gasteiger partial charge in [0, 0.05) is 18.6 Å². The molecule has 0 saturated carbocycles. The van der Waals surface area contributed by atoms with Crippen molar-refractivity contribution in [1.29, 1.82) is 0 Å². The summed E-state index contributed by atoms with van der Waals surface area (Å²) >= 11 is 0. The Kier molecular flexibility index (Phi) is 5.90. The average molecular weight is 242 g/mol. The van der Waals surface area contributed by atoms with Crippen LogP contribution in [0.1, 0.15) is 40.5 Å². The molecule has 102 valence electrons. The fourth-order valence-electron chi connectivity index (χ4n) is 3.03. The standard InChI is InChI=1S/C14H30N2O/c1-5-15-14(4,11-17)6-7-16-9-12(2)8-13(3)10-16/h12-13,15,17H,5-11H2,1-4H3. The first kappa shape index (κ1) is 14.9. The Balaban J connectivity index is 2.38. The largest absolute Gasteiger partial charge is 0.394 e. The van der Waals surface area contributed by atoms with Crippen LogP contribution in [0.4, 0.5) is 0 Å². The van der Waals surface area contributed by atoms with E-state index in [9.17, 15) is 5.11 Å². The molecule has 3 nitrogen and oxygen atoms in total. The van der Waals surface area contributed by atoms with E-state index in [0.717, 1.165) is 31.3 Å².